The Kier molecular flexibility index (Phi) is 7.54. The summed E-state index contributed by atoms with van der Waals surface area (Å²) < 4.78 is 167. The van der Waals surface area contributed by atoms with Gasteiger partial charge in [-0.05, 0) is 19.9 Å². The lowest BCUT2D eigenvalue weighted by Gasteiger charge is -2.39. The van der Waals surface area contributed by atoms with Crippen LogP contribution in [0.1, 0.15) is 13.8 Å². The summed E-state index contributed by atoms with van der Waals surface area (Å²) in [5.74, 6) is -20.8. The molecular formula is C12H11BF13NO. The van der Waals surface area contributed by atoms with Gasteiger partial charge in [-0.15, -0.1) is 0 Å². The summed E-state index contributed by atoms with van der Waals surface area (Å²) in [5.41, 5.74) is 0. The van der Waals surface area contributed by atoms with Gasteiger partial charge in [0.1, 0.15) is 0 Å². The van der Waals surface area contributed by atoms with Crippen LogP contribution in [-0.4, -0.2) is 60.3 Å². The van der Waals surface area contributed by atoms with Crippen molar-refractivity contribution < 1.29 is 61.8 Å². The van der Waals surface area contributed by atoms with Crippen molar-refractivity contribution >= 4 is 12.9 Å². The van der Waals surface area contributed by atoms with Crippen molar-refractivity contribution in [3.8, 4) is 0 Å². The van der Waals surface area contributed by atoms with Gasteiger partial charge in [-0.3, -0.25) is 4.79 Å². The van der Waals surface area contributed by atoms with E-state index in [9.17, 15) is 61.8 Å². The highest BCUT2D eigenvalue weighted by Gasteiger charge is 2.76. The van der Waals surface area contributed by atoms with E-state index in [1.54, 1.807) is 0 Å². The maximum atomic E-state index is 13.7. The van der Waals surface area contributed by atoms with E-state index in [0.717, 1.165) is 6.92 Å². The molecule has 2 nitrogen and oxygen atoms in total. The number of hydrogen-bond donors (Lipinski definition) is 0. The van der Waals surface area contributed by atoms with Gasteiger partial charge >= 0.3 is 31.1 Å². The molecule has 0 saturated heterocycles. The Morgan fingerprint density at radius 2 is 1.39 bits per heavy atom. The van der Waals surface area contributed by atoms with E-state index in [0.29, 0.717) is 6.08 Å². The second-order valence-electron chi connectivity index (χ2n) is 5.50. The summed E-state index contributed by atoms with van der Waals surface area (Å²) in [6.07, 6.45) is -12.3. The summed E-state index contributed by atoms with van der Waals surface area (Å²) >= 11 is 0. The highest BCUT2D eigenvalue weighted by molar-refractivity contribution is 6.56. The van der Waals surface area contributed by atoms with Crippen LogP contribution in [-0.2, 0) is 4.79 Å². The average molecular weight is 443 g/mol. The third-order valence-corrected chi connectivity index (χ3v) is 3.40. The van der Waals surface area contributed by atoms with Crippen molar-refractivity contribution in [3.05, 3.63) is 12.2 Å². The van der Waals surface area contributed by atoms with Crippen molar-refractivity contribution in [2.75, 3.05) is 6.54 Å². The number of carbonyl (C=O) groups excluding carboxylic acids is 1. The quantitative estimate of drug-likeness (QED) is 0.313. The predicted octanol–water partition coefficient (Wildman–Crippen LogP) is 4.85. The maximum Gasteiger partial charge on any atom is 0.544 e. The zero-order valence-corrected chi connectivity index (χ0v) is 13.8. The Hall–Kier alpha value is -1.64. The zero-order chi connectivity index (χ0) is 22.9. The third-order valence-electron chi connectivity index (χ3n) is 3.40. The van der Waals surface area contributed by atoms with E-state index >= 15 is 0 Å². The minimum Gasteiger partial charge on any atom is -0.325 e. The molecule has 16 heteroatoms. The van der Waals surface area contributed by atoms with E-state index in [1.165, 1.54) is 0 Å². The molecule has 0 aromatic rings. The van der Waals surface area contributed by atoms with E-state index < -0.39 is 60.3 Å². The molecule has 164 valence electrons. The van der Waals surface area contributed by atoms with Crippen molar-refractivity contribution in [2.24, 2.45) is 0 Å². The largest absolute Gasteiger partial charge is 0.544 e. The monoisotopic (exact) mass is 443 g/mol. The number of amides is 1. The average Bonchev–Trinajstić information content (AvgIpc) is 2.49. The molecule has 0 aromatic carbocycles. The van der Waals surface area contributed by atoms with Crippen LogP contribution in [0, 0.1) is 0 Å². The minimum atomic E-state index is -6.89. The Morgan fingerprint density at radius 1 is 0.964 bits per heavy atom. The van der Waals surface area contributed by atoms with Gasteiger partial charge in [-0.25, -0.2) is 8.78 Å². The van der Waals surface area contributed by atoms with E-state index in [1.807, 2.05) is 0 Å². The molecule has 28 heavy (non-hydrogen) atoms. The number of rotatable bonds is 7. The lowest BCUT2D eigenvalue weighted by atomic mass is 9.63. The molecule has 0 spiro atoms. The summed E-state index contributed by atoms with van der Waals surface area (Å²) in [4.78, 5) is 10.5. The predicted molar refractivity (Wildman–Crippen MR) is 69.8 cm³/mol. The van der Waals surface area contributed by atoms with Crippen molar-refractivity contribution in [3.63, 3.8) is 0 Å². The number of hydrogen-bond acceptors (Lipinski definition) is 1. The molecule has 0 saturated carbocycles. The topological polar surface area (TPSA) is 20.3 Å². The van der Waals surface area contributed by atoms with Crippen LogP contribution in [0.5, 0.6) is 0 Å². The van der Waals surface area contributed by atoms with Crippen molar-refractivity contribution in [1.82, 2.24) is 4.90 Å². The van der Waals surface area contributed by atoms with Crippen molar-refractivity contribution in [1.29, 1.82) is 0 Å². The summed E-state index contributed by atoms with van der Waals surface area (Å²) in [7, 11) is 0. The lowest BCUT2D eigenvalue weighted by Crippen LogP contribution is -2.64. The van der Waals surface area contributed by atoms with E-state index in [4.69, 9.17) is 0 Å². The van der Waals surface area contributed by atoms with Gasteiger partial charge in [0, 0.05) is 0 Å². The molecule has 0 aromatic heterocycles. The van der Waals surface area contributed by atoms with Crippen LogP contribution in [0.25, 0.3) is 0 Å². The molecule has 0 N–H and O–H groups in total. The first-order valence-electron chi connectivity index (χ1n) is 6.98. The zero-order valence-electron chi connectivity index (χ0n) is 13.8. The van der Waals surface area contributed by atoms with Crippen LogP contribution < -0.4 is 0 Å². The summed E-state index contributed by atoms with van der Waals surface area (Å²) in [6, 6.07) is -3.70. The Morgan fingerprint density at radius 3 is 1.71 bits per heavy atom. The number of carbonyl (C=O) groups is 1. The van der Waals surface area contributed by atoms with Gasteiger partial charge in [0.05, 0.1) is 12.6 Å². The lowest BCUT2D eigenvalue weighted by molar-refractivity contribution is -0.363. The van der Waals surface area contributed by atoms with Gasteiger partial charge < -0.3 is 9.22 Å². The van der Waals surface area contributed by atoms with E-state index in [-0.39, 0.29) is 13.0 Å². The van der Waals surface area contributed by atoms with Gasteiger partial charge in [0.25, 0.3) is 5.82 Å². The first-order valence-corrected chi connectivity index (χ1v) is 6.98. The fraction of sp³-hybridized carbons (Fsp3) is 0.750. The number of allylic oxidation sites excluding steroid dienone is 1. The Bertz CT molecular complexity index is 583. The SMILES string of the molecule is C/C=C/C(=O)N(CC(F)(F)B(F)C(F)(F)F)C(C)C(F)(F)C(F)(F)C(F)(F)F. The molecule has 1 atom stereocenters. The molecule has 0 bridgehead atoms. The number of alkyl halides is 12. The molecule has 1 amide bonds. The molecular weight excluding hydrogens is 432 g/mol. The first kappa shape index (κ1) is 26.4. The second-order valence-corrected chi connectivity index (χ2v) is 5.50. The molecule has 0 aliphatic carbocycles. The normalized spacial score (nSPS) is 15.7. The first-order chi connectivity index (χ1) is 12.1. The van der Waals surface area contributed by atoms with Crippen LogP contribution in [0.4, 0.5) is 57.0 Å². The molecule has 0 aliphatic rings. The van der Waals surface area contributed by atoms with Gasteiger partial charge in [0.15, 0.2) is 0 Å². The third kappa shape index (κ3) is 5.24. The Labute approximate surface area is 149 Å². The van der Waals surface area contributed by atoms with E-state index in [2.05, 4.69) is 0 Å². The molecule has 0 rings (SSSR count). The smallest absolute Gasteiger partial charge is 0.325 e. The number of nitrogens with zero attached hydrogens (tertiary/aromatic N) is 1. The highest BCUT2D eigenvalue weighted by Crippen LogP contribution is 2.49. The molecule has 0 fully saturated rings. The molecule has 0 heterocycles. The summed E-state index contributed by atoms with van der Waals surface area (Å²) in [5, 5.41) is 0. The molecule has 0 radical (unpaired) electrons. The molecule has 0 aliphatic heterocycles. The van der Waals surface area contributed by atoms with Crippen LogP contribution >= 0.6 is 0 Å². The van der Waals surface area contributed by atoms with Crippen molar-refractivity contribution in [2.45, 2.75) is 49.8 Å². The summed E-state index contributed by atoms with van der Waals surface area (Å²) in [6.45, 7) is -7.11. The Balaban J connectivity index is 6.17. The molecule has 1 unspecified atom stereocenters. The van der Waals surface area contributed by atoms with Gasteiger partial charge in [-0.1, -0.05) is 6.08 Å². The number of halogens is 13. The van der Waals surface area contributed by atoms with Crippen LogP contribution in [0.15, 0.2) is 12.2 Å². The highest BCUT2D eigenvalue weighted by atomic mass is 19.4. The maximum absolute atomic E-state index is 13.7. The standard InChI is InChI=1S/C12H11BF13NO/c1-3-4-7(28)27(5-8(14,15)13(26)12(23,24)25)6(2)9(16,17)10(18,19)11(20,21)22/h3-4,6H,5H2,1-2H3/b4-3+. The fourth-order valence-corrected chi connectivity index (χ4v) is 1.84. The second kappa shape index (κ2) is 8.01. The van der Waals surface area contributed by atoms with Gasteiger partial charge in [-0.2, -0.15) is 43.9 Å². The van der Waals surface area contributed by atoms with Crippen LogP contribution in [0.2, 0.25) is 0 Å². The minimum absolute atomic E-state index is 0.134. The van der Waals surface area contributed by atoms with Crippen LogP contribution in [0.3, 0.4) is 0 Å². The fourth-order valence-electron chi connectivity index (χ4n) is 1.84. The van der Waals surface area contributed by atoms with Gasteiger partial charge in [0.2, 0.25) is 5.91 Å².